The number of benzene rings is 1. The van der Waals surface area contributed by atoms with E-state index in [1.54, 1.807) is 41.5 Å². The summed E-state index contributed by atoms with van der Waals surface area (Å²) in [5.41, 5.74) is 2.95. The highest BCUT2D eigenvalue weighted by molar-refractivity contribution is 6.35. The second-order valence-corrected chi connectivity index (χ2v) is 8.10. The van der Waals surface area contributed by atoms with Crippen LogP contribution < -0.4 is 11.2 Å². The summed E-state index contributed by atoms with van der Waals surface area (Å²) in [7, 11) is 3.31. The summed E-state index contributed by atoms with van der Waals surface area (Å²) in [4.78, 5) is 30.9. The molecule has 3 heterocycles. The zero-order chi connectivity index (χ0) is 21.9. The molecule has 1 aromatic carbocycles. The zero-order valence-electron chi connectivity index (χ0n) is 17.2. The lowest BCUT2D eigenvalue weighted by atomic mass is 10.2. The van der Waals surface area contributed by atoms with Gasteiger partial charge in [0.2, 0.25) is 5.95 Å². The van der Waals surface area contributed by atoms with Crippen molar-refractivity contribution < 1.29 is 0 Å². The fourth-order valence-electron chi connectivity index (χ4n) is 3.52. The number of halogens is 2. The maximum atomic E-state index is 13.3. The van der Waals surface area contributed by atoms with Crippen LogP contribution in [0.25, 0.3) is 17.1 Å². The SMILES string of the molecule is Cc1nn(-c2nc3c(c(=O)n(Cc4c(Cl)cccc4Cl)c(=O)n3C)n2C)c(C)c1C. The summed E-state index contributed by atoms with van der Waals surface area (Å²) >= 11 is 12.5. The predicted octanol–water partition coefficient (Wildman–Crippen LogP) is 2.90. The van der Waals surface area contributed by atoms with Crippen LogP contribution in [-0.4, -0.2) is 28.5 Å². The monoisotopic (exact) mass is 446 g/mol. The number of fused-ring (bicyclic) bond motifs is 1. The Morgan fingerprint density at radius 3 is 2.20 bits per heavy atom. The largest absolute Gasteiger partial charge is 0.332 e. The molecular formula is C20H20Cl2N6O2. The number of aromatic nitrogens is 6. The Hall–Kier alpha value is -2.84. The van der Waals surface area contributed by atoms with Gasteiger partial charge in [-0.2, -0.15) is 10.1 Å². The highest BCUT2D eigenvalue weighted by Gasteiger charge is 2.22. The van der Waals surface area contributed by atoms with E-state index < -0.39 is 11.2 Å². The van der Waals surface area contributed by atoms with Crippen LogP contribution in [-0.2, 0) is 20.6 Å². The standard InChI is InChI=1S/C20H20Cl2N6O2/c1-10-11(2)24-28(12(10)3)19-23-17-16(25(19)4)18(29)27(20(30)26(17)5)9-13-14(21)7-6-8-15(13)22/h6-8H,9H2,1-5H3. The van der Waals surface area contributed by atoms with Gasteiger partial charge in [0.25, 0.3) is 5.56 Å². The molecule has 0 fully saturated rings. The molecular weight excluding hydrogens is 427 g/mol. The van der Waals surface area contributed by atoms with Crippen LogP contribution >= 0.6 is 23.2 Å². The van der Waals surface area contributed by atoms with Crippen molar-refractivity contribution in [3.05, 3.63) is 71.6 Å². The van der Waals surface area contributed by atoms with E-state index in [4.69, 9.17) is 23.2 Å². The molecule has 3 aromatic heterocycles. The van der Waals surface area contributed by atoms with Crippen molar-refractivity contribution in [1.82, 2.24) is 28.5 Å². The van der Waals surface area contributed by atoms with Gasteiger partial charge >= 0.3 is 5.69 Å². The van der Waals surface area contributed by atoms with Crippen LogP contribution in [0, 0.1) is 20.8 Å². The Morgan fingerprint density at radius 1 is 1.00 bits per heavy atom. The second kappa shape index (κ2) is 7.14. The summed E-state index contributed by atoms with van der Waals surface area (Å²) in [6, 6.07) is 5.05. The molecule has 0 saturated carbocycles. The lowest BCUT2D eigenvalue weighted by molar-refractivity contribution is 0.655. The lowest BCUT2D eigenvalue weighted by Gasteiger charge is -2.11. The van der Waals surface area contributed by atoms with E-state index in [-0.39, 0.29) is 12.2 Å². The van der Waals surface area contributed by atoms with E-state index in [1.807, 2.05) is 20.8 Å². The van der Waals surface area contributed by atoms with Gasteiger partial charge in [0.15, 0.2) is 11.2 Å². The van der Waals surface area contributed by atoms with Crippen molar-refractivity contribution in [2.45, 2.75) is 27.3 Å². The van der Waals surface area contributed by atoms with Crippen molar-refractivity contribution in [3.8, 4) is 5.95 Å². The molecule has 8 nitrogen and oxygen atoms in total. The molecule has 156 valence electrons. The molecule has 0 radical (unpaired) electrons. The van der Waals surface area contributed by atoms with Crippen LogP contribution in [0.2, 0.25) is 10.0 Å². The number of hydrogen-bond donors (Lipinski definition) is 0. The third-order valence-corrected chi connectivity index (χ3v) is 6.27. The number of aryl methyl sites for hydroxylation is 3. The average Bonchev–Trinajstić information content (AvgIpc) is 3.17. The number of rotatable bonds is 3. The number of imidazole rings is 1. The van der Waals surface area contributed by atoms with Crippen molar-refractivity contribution in [2.24, 2.45) is 14.1 Å². The molecule has 0 aliphatic rings. The molecule has 4 aromatic rings. The van der Waals surface area contributed by atoms with Gasteiger partial charge in [0.05, 0.1) is 12.2 Å². The van der Waals surface area contributed by atoms with E-state index in [1.165, 1.54) is 4.57 Å². The molecule has 0 atom stereocenters. The van der Waals surface area contributed by atoms with Gasteiger partial charge in [0, 0.05) is 35.4 Å². The number of hydrogen-bond acceptors (Lipinski definition) is 4. The molecule has 10 heteroatoms. The van der Waals surface area contributed by atoms with Gasteiger partial charge in [-0.1, -0.05) is 29.3 Å². The fraction of sp³-hybridized carbons (Fsp3) is 0.300. The van der Waals surface area contributed by atoms with Crippen molar-refractivity contribution >= 4 is 34.4 Å². The van der Waals surface area contributed by atoms with E-state index in [0.29, 0.717) is 27.1 Å². The minimum atomic E-state index is -0.502. The first kappa shape index (κ1) is 20.4. The summed E-state index contributed by atoms with van der Waals surface area (Å²) in [5, 5.41) is 5.31. The molecule has 0 saturated heterocycles. The first-order chi connectivity index (χ1) is 14.1. The highest BCUT2D eigenvalue weighted by Crippen LogP contribution is 2.25. The summed E-state index contributed by atoms with van der Waals surface area (Å²) in [5.74, 6) is 0.458. The zero-order valence-corrected chi connectivity index (χ0v) is 18.7. The normalized spacial score (nSPS) is 11.6. The quantitative estimate of drug-likeness (QED) is 0.484. The Morgan fingerprint density at radius 2 is 1.63 bits per heavy atom. The molecule has 0 bridgehead atoms. The third kappa shape index (κ3) is 2.90. The topological polar surface area (TPSA) is 79.6 Å². The van der Waals surface area contributed by atoms with Gasteiger partial charge in [0.1, 0.15) is 0 Å². The van der Waals surface area contributed by atoms with Crippen LogP contribution in [0.5, 0.6) is 0 Å². The smallest absolute Gasteiger partial charge is 0.306 e. The van der Waals surface area contributed by atoms with Gasteiger partial charge < -0.3 is 4.57 Å². The second-order valence-electron chi connectivity index (χ2n) is 7.28. The molecule has 0 unspecified atom stereocenters. The Balaban J connectivity index is 2.00. The van der Waals surface area contributed by atoms with Crippen LogP contribution in [0.1, 0.15) is 22.5 Å². The minimum absolute atomic E-state index is 0.0422. The van der Waals surface area contributed by atoms with Gasteiger partial charge in [-0.15, -0.1) is 0 Å². The van der Waals surface area contributed by atoms with Crippen LogP contribution in [0.3, 0.4) is 0 Å². The van der Waals surface area contributed by atoms with E-state index in [0.717, 1.165) is 21.5 Å². The fourth-order valence-corrected chi connectivity index (χ4v) is 4.03. The van der Waals surface area contributed by atoms with Crippen molar-refractivity contribution in [3.63, 3.8) is 0 Å². The van der Waals surface area contributed by atoms with Gasteiger partial charge in [-0.3, -0.25) is 13.9 Å². The molecule has 0 amide bonds. The van der Waals surface area contributed by atoms with Crippen molar-refractivity contribution in [2.75, 3.05) is 0 Å². The Bertz CT molecular complexity index is 1420. The van der Waals surface area contributed by atoms with Gasteiger partial charge in [-0.05, 0) is 38.5 Å². The van der Waals surface area contributed by atoms with Crippen LogP contribution in [0.4, 0.5) is 0 Å². The first-order valence-corrected chi connectivity index (χ1v) is 10.0. The summed E-state index contributed by atoms with van der Waals surface area (Å²) in [6.45, 7) is 5.79. The van der Waals surface area contributed by atoms with Gasteiger partial charge in [-0.25, -0.2) is 9.48 Å². The van der Waals surface area contributed by atoms with E-state index >= 15 is 0 Å². The van der Waals surface area contributed by atoms with E-state index in [9.17, 15) is 9.59 Å². The highest BCUT2D eigenvalue weighted by atomic mass is 35.5. The molecule has 0 N–H and O–H groups in total. The average molecular weight is 447 g/mol. The molecule has 0 aliphatic heterocycles. The molecule has 30 heavy (non-hydrogen) atoms. The predicted molar refractivity (Wildman–Crippen MR) is 117 cm³/mol. The molecule has 0 spiro atoms. The molecule has 0 aliphatic carbocycles. The summed E-state index contributed by atoms with van der Waals surface area (Å²) < 4.78 is 5.81. The third-order valence-electron chi connectivity index (χ3n) is 5.56. The number of nitrogens with zero attached hydrogens (tertiary/aromatic N) is 6. The molecule has 4 rings (SSSR count). The Labute approximate surface area is 181 Å². The minimum Gasteiger partial charge on any atom is -0.306 e. The van der Waals surface area contributed by atoms with E-state index in [2.05, 4.69) is 10.1 Å². The maximum Gasteiger partial charge on any atom is 0.332 e. The lowest BCUT2D eigenvalue weighted by Crippen LogP contribution is -2.40. The van der Waals surface area contributed by atoms with Crippen molar-refractivity contribution in [1.29, 1.82) is 0 Å². The Kier molecular flexibility index (Phi) is 4.86. The maximum absolute atomic E-state index is 13.3. The summed E-state index contributed by atoms with van der Waals surface area (Å²) in [6.07, 6.45) is 0. The van der Waals surface area contributed by atoms with Crippen LogP contribution in [0.15, 0.2) is 27.8 Å². The first-order valence-electron chi connectivity index (χ1n) is 9.25.